The van der Waals surface area contributed by atoms with Gasteiger partial charge in [-0.25, -0.2) is 12.8 Å². The normalized spacial score (nSPS) is 11.6. The Kier molecular flexibility index (Phi) is 3.78. The Bertz CT molecular complexity index is 740. The third-order valence-corrected chi connectivity index (χ3v) is 4.17. The number of halogens is 1. The van der Waals surface area contributed by atoms with E-state index in [9.17, 15) is 12.8 Å². The number of nitrogens with two attached hydrogens (primary N) is 1. The monoisotopic (exact) mass is 298 g/mol. The minimum atomic E-state index is -3.80. The number of hydrogen-bond donors (Lipinski definition) is 2. The first-order chi connectivity index (χ1) is 9.33. The second kappa shape index (κ2) is 5.22. The molecule has 8 heteroatoms. The second-order valence-electron chi connectivity index (χ2n) is 4.36. The van der Waals surface area contributed by atoms with Crippen molar-refractivity contribution in [2.24, 2.45) is 12.8 Å². The molecule has 0 saturated carbocycles. The molecule has 1 heterocycles. The summed E-state index contributed by atoms with van der Waals surface area (Å²) < 4.78 is 41.7. The minimum absolute atomic E-state index is 0.0393. The van der Waals surface area contributed by atoms with Gasteiger partial charge in [0.1, 0.15) is 5.82 Å². The van der Waals surface area contributed by atoms with Gasteiger partial charge in [-0.15, -0.1) is 0 Å². The molecule has 0 atom stereocenters. The van der Waals surface area contributed by atoms with Crippen molar-refractivity contribution < 1.29 is 12.8 Å². The largest absolute Gasteiger partial charge is 0.326 e. The fourth-order valence-corrected chi connectivity index (χ4v) is 2.93. The van der Waals surface area contributed by atoms with Crippen LogP contribution in [-0.2, 0) is 23.6 Å². The molecule has 2 aromatic rings. The summed E-state index contributed by atoms with van der Waals surface area (Å²) in [6, 6.07) is 3.51. The summed E-state index contributed by atoms with van der Waals surface area (Å²) in [5.74, 6) is -0.524. The third-order valence-electron chi connectivity index (χ3n) is 2.81. The first kappa shape index (κ1) is 14.5. The van der Waals surface area contributed by atoms with E-state index in [1.807, 2.05) is 0 Å². The highest BCUT2D eigenvalue weighted by atomic mass is 32.2. The third kappa shape index (κ3) is 2.81. The van der Waals surface area contributed by atoms with E-state index in [2.05, 4.69) is 9.82 Å². The molecule has 108 valence electrons. The maximum Gasteiger partial charge on any atom is 0.262 e. The number of sulfonamides is 1. The topological polar surface area (TPSA) is 90.0 Å². The van der Waals surface area contributed by atoms with Gasteiger partial charge in [0.15, 0.2) is 0 Å². The summed E-state index contributed by atoms with van der Waals surface area (Å²) in [5, 5.41) is 4.05. The predicted molar refractivity (Wildman–Crippen MR) is 73.0 cm³/mol. The summed E-state index contributed by atoms with van der Waals surface area (Å²) in [7, 11) is -2.11. The van der Waals surface area contributed by atoms with Gasteiger partial charge >= 0.3 is 0 Å². The van der Waals surface area contributed by atoms with E-state index in [4.69, 9.17) is 5.73 Å². The molecule has 0 unspecified atom stereocenters. The molecule has 20 heavy (non-hydrogen) atoms. The van der Waals surface area contributed by atoms with Gasteiger partial charge < -0.3 is 5.73 Å². The molecule has 0 aliphatic carbocycles. The van der Waals surface area contributed by atoms with Crippen LogP contribution in [0.2, 0.25) is 0 Å². The van der Waals surface area contributed by atoms with Crippen LogP contribution in [0.4, 0.5) is 10.1 Å². The van der Waals surface area contributed by atoms with Gasteiger partial charge in [-0.2, -0.15) is 5.10 Å². The lowest BCUT2D eigenvalue weighted by Gasteiger charge is -2.08. The molecule has 0 spiro atoms. The van der Waals surface area contributed by atoms with Crippen LogP contribution in [0.25, 0.3) is 0 Å². The molecule has 0 saturated heterocycles. The molecular formula is C12H15FN4O2S. The van der Waals surface area contributed by atoms with E-state index in [0.717, 1.165) is 6.07 Å². The lowest BCUT2D eigenvalue weighted by molar-refractivity contribution is 0.596. The molecule has 2 rings (SSSR count). The molecule has 0 amide bonds. The van der Waals surface area contributed by atoms with Crippen molar-refractivity contribution in [3.05, 3.63) is 41.5 Å². The van der Waals surface area contributed by atoms with E-state index in [1.165, 1.54) is 16.8 Å². The molecule has 0 aliphatic heterocycles. The van der Waals surface area contributed by atoms with Gasteiger partial charge in [-0.3, -0.25) is 9.40 Å². The Labute approximate surface area is 116 Å². The van der Waals surface area contributed by atoms with Crippen LogP contribution in [-0.4, -0.2) is 18.2 Å². The summed E-state index contributed by atoms with van der Waals surface area (Å²) in [4.78, 5) is -0.0393. The number of hydrogen-bond acceptors (Lipinski definition) is 4. The zero-order valence-electron chi connectivity index (χ0n) is 11.1. The quantitative estimate of drug-likeness (QED) is 0.885. The zero-order valence-corrected chi connectivity index (χ0v) is 11.9. The van der Waals surface area contributed by atoms with Crippen LogP contribution in [0.5, 0.6) is 0 Å². The molecule has 6 nitrogen and oxygen atoms in total. The maximum atomic E-state index is 13.3. The average Bonchev–Trinajstić information content (AvgIpc) is 2.67. The number of nitrogens with zero attached hydrogens (tertiary/aromatic N) is 2. The Morgan fingerprint density at radius 3 is 2.70 bits per heavy atom. The number of aromatic nitrogens is 2. The second-order valence-corrected chi connectivity index (χ2v) is 6.05. The molecular weight excluding hydrogens is 283 g/mol. The van der Waals surface area contributed by atoms with Crippen LogP contribution < -0.4 is 10.5 Å². The summed E-state index contributed by atoms with van der Waals surface area (Å²) in [6.07, 6.45) is 1.56. The van der Waals surface area contributed by atoms with E-state index in [-0.39, 0.29) is 17.0 Å². The smallest absolute Gasteiger partial charge is 0.262 e. The standard InChI is InChI=1S/C12H15FN4O2S/c1-8-12(7-17(2)15-8)16-20(18,19)10-3-4-11(13)9(5-10)6-14/h3-5,7,16H,6,14H2,1-2H3. The van der Waals surface area contributed by atoms with Crippen molar-refractivity contribution in [2.75, 3.05) is 4.72 Å². The van der Waals surface area contributed by atoms with E-state index >= 15 is 0 Å². The summed E-state index contributed by atoms with van der Waals surface area (Å²) >= 11 is 0. The predicted octanol–water partition coefficient (Wildman–Crippen LogP) is 1.13. The molecule has 1 aromatic carbocycles. The van der Waals surface area contributed by atoms with Crippen molar-refractivity contribution in [2.45, 2.75) is 18.4 Å². The van der Waals surface area contributed by atoms with Crippen LogP contribution in [0, 0.1) is 12.7 Å². The SMILES string of the molecule is Cc1nn(C)cc1NS(=O)(=O)c1ccc(F)c(CN)c1. The molecule has 0 aliphatic rings. The maximum absolute atomic E-state index is 13.3. The fraction of sp³-hybridized carbons (Fsp3) is 0.250. The summed E-state index contributed by atoms with van der Waals surface area (Å²) in [5.41, 5.74) is 6.46. The number of aryl methyl sites for hydroxylation is 2. The highest BCUT2D eigenvalue weighted by Gasteiger charge is 2.18. The van der Waals surface area contributed by atoms with Crippen molar-refractivity contribution in [1.29, 1.82) is 0 Å². The van der Waals surface area contributed by atoms with Crippen LogP contribution in [0.15, 0.2) is 29.3 Å². The van der Waals surface area contributed by atoms with E-state index in [0.29, 0.717) is 11.4 Å². The lowest BCUT2D eigenvalue weighted by atomic mass is 10.2. The van der Waals surface area contributed by atoms with Crippen LogP contribution in [0.3, 0.4) is 0 Å². The van der Waals surface area contributed by atoms with Crippen molar-refractivity contribution >= 4 is 15.7 Å². The minimum Gasteiger partial charge on any atom is -0.326 e. The van der Waals surface area contributed by atoms with E-state index < -0.39 is 15.8 Å². The molecule has 0 fully saturated rings. The van der Waals surface area contributed by atoms with Crippen molar-refractivity contribution in [3.63, 3.8) is 0 Å². The lowest BCUT2D eigenvalue weighted by Crippen LogP contribution is -2.14. The van der Waals surface area contributed by atoms with Gasteiger partial charge in [0.2, 0.25) is 0 Å². The van der Waals surface area contributed by atoms with Crippen molar-refractivity contribution in [3.8, 4) is 0 Å². The van der Waals surface area contributed by atoms with Gasteiger partial charge in [0.05, 0.1) is 16.3 Å². The van der Waals surface area contributed by atoms with Crippen molar-refractivity contribution in [1.82, 2.24) is 9.78 Å². The van der Waals surface area contributed by atoms with Gasteiger partial charge in [-0.05, 0) is 25.1 Å². The first-order valence-corrected chi connectivity index (χ1v) is 7.33. The Morgan fingerprint density at radius 1 is 1.45 bits per heavy atom. The van der Waals surface area contributed by atoms with Crippen LogP contribution in [0.1, 0.15) is 11.3 Å². The van der Waals surface area contributed by atoms with Gasteiger partial charge in [0.25, 0.3) is 10.0 Å². The number of anilines is 1. The Morgan fingerprint density at radius 2 is 2.15 bits per heavy atom. The fourth-order valence-electron chi connectivity index (χ4n) is 1.78. The highest BCUT2D eigenvalue weighted by Crippen LogP contribution is 2.20. The highest BCUT2D eigenvalue weighted by molar-refractivity contribution is 7.92. The van der Waals surface area contributed by atoms with E-state index in [1.54, 1.807) is 20.2 Å². The first-order valence-electron chi connectivity index (χ1n) is 5.85. The molecule has 3 N–H and O–H groups in total. The average molecular weight is 298 g/mol. The summed E-state index contributed by atoms with van der Waals surface area (Å²) in [6.45, 7) is 1.62. The number of nitrogens with one attached hydrogen (secondary N) is 1. The van der Waals surface area contributed by atoms with Crippen LogP contribution >= 0.6 is 0 Å². The van der Waals surface area contributed by atoms with Gasteiger partial charge in [0, 0.05) is 25.4 Å². The Balaban J connectivity index is 2.38. The zero-order chi connectivity index (χ0) is 14.9. The number of benzene rings is 1. The van der Waals surface area contributed by atoms with Gasteiger partial charge in [-0.1, -0.05) is 0 Å². The Hall–Kier alpha value is -1.93. The number of rotatable bonds is 4. The molecule has 0 radical (unpaired) electrons. The molecule has 0 bridgehead atoms. The molecule has 1 aromatic heterocycles.